The normalized spacial score (nSPS) is 41.7. The highest BCUT2D eigenvalue weighted by molar-refractivity contribution is 5.85. The van der Waals surface area contributed by atoms with Gasteiger partial charge >= 0.3 is 5.97 Å². The second-order valence-corrected chi connectivity index (χ2v) is 8.73. The van der Waals surface area contributed by atoms with Crippen LogP contribution in [0.15, 0.2) is 23.8 Å². The number of allylic oxidation sites excluding steroid dienone is 4. The number of hydrogen-bond donors (Lipinski definition) is 1. The summed E-state index contributed by atoms with van der Waals surface area (Å²) in [6.07, 6.45) is 10.2. The topological polar surface area (TPSA) is 54.4 Å². The number of carboxylic acid groups (broad SMARTS) is 1. The number of ketones is 1. The molecular weight excluding hydrogens is 288 g/mol. The highest BCUT2D eigenvalue weighted by atomic mass is 16.4. The van der Waals surface area contributed by atoms with Gasteiger partial charge in [0.25, 0.3) is 0 Å². The van der Waals surface area contributed by atoms with Crippen LogP contribution in [-0.4, -0.2) is 16.9 Å². The molecule has 3 heteroatoms. The lowest BCUT2D eigenvalue weighted by atomic mass is 9.42. The average molecular weight is 316 g/mol. The zero-order valence-corrected chi connectivity index (χ0v) is 14.7. The molecule has 1 spiro atoms. The quantitative estimate of drug-likeness (QED) is 0.822. The van der Waals surface area contributed by atoms with Gasteiger partial charge in [0, 0.05) is 23.7 Å². The Morgan fingerprint density at radius 2 is 2.00 bits per heavy atom. The highest BCUT2D eigenvalue weighted by Crippen LogP contribution is 2.65. The van der Waals surface area contributed by atoms with Crippen molar-refractivity contribution in [2.24, 2.45) is 28.1 Å². The molecule has 4 unspecified atom stereocenters. The number of fused-ring (bicyclic) bond motifs is 1. The van der Waals surface area contributed by atoms with E-state index >= 15 is 0 Å². The summed E-state index contributed by atoms with van der Waals surface area (Å²) in [5, 5.41) is 9.55. The van der Waals surface area contributed by atoms with E-state index in [0.29, 0.717) is 12.2 Å². The maximum Gasteiger partial charge on any atom is 0.303 e. The van der Waals surface area contributed by atoms with Crippen molar-refractivity contribution in [1.29, 1.82) is 0 Å². The van der Waals surface area contributed by atoms with Gasteiger partial charge in [0.2, 0.25) is 0 Å². The van der Waals surface area contributed by atoms with Crippen molar-refractivity contribution in [3.63, 3.8) is 0 Å². The van der Waals surface area contributed by atoms with Gasteiger partial charge in [0.15, 0.2) is 0 Å². The van der Waals surface area contributed by atoms with Crippen molar-refractivity contribution in [3.05, 3.63) is 23.8 Å². The van der Waals surface area contributed by atoms with Gasteiger partial charge in [0.1, 0.15) is 5.78 Å². The minimum absolute atomic E-state index is 0.0623. The summed E-state index contributed by atoms with van der Waals surface area (Å²) < 4.78 is 0. The third-order valence-corrected chi connectivity index (χ3v) is 7.12. The summed E-state index contributed by atoms with van der Waals surface area (Å²) in [5.74, 6) is -0.0442. The molecule has 126 valence electrons. The van der Waals surface area contributed by atoms with Gasteiger partial charge in [-0.05, 0) is 43.4 Å². The molecule has 2 fully saturated rings. The van der Waals surface area contributed by atoms with Crippen LogP contribution in [0.1, 0.15) is 59.8 Å². The van der Waals surface area contributed by atoms with E-state index in [1.54, 1.807) is 0 Å². The number of carbonyl (C=O) groups is 2. The molecule has 0 saturated heterocycles. The molecule has 3 aliphatic rings. The summed E-state index contributed by atoms with van der Waals surface area (Å²) in [6.45, 7) is 8.47. The number of carbonyl (C=O) groups excluding carboxylic acids is 1. The Labute approximate surface area is 138 Å². The molecule has 0 amide bonds. The van der Waals surface area contributed by atoms with Crippen molar-refractivity contribution in [2.75, 3.05) is 0 Å². The van der Waals surface area contributed by atoms with Crippen molar-refractivity contribution in [2.45, 2.75) is 59.8 Å². The van der Waals surface area contributed by atoms with Gasteiger partial charge in [-0.2, -0.15) is 0 Å². The van der Waals surface area contributed by atoms with Gasteiger partial charge < -0.3 is 5.11 Å². The fourth-order valence-corrected chi connectivity index (χ4v) is 5.96. The van der Waals surface area contributed by atoms with Gasteiger partial charge in [-0.25, -0.2) is 0 Å². The van der Waals surface area contributed by atoms with E-state index in [9.17, 15) is 14.7 Å². The van der Waals surface area contributed by atoms with E-state index in [-0.39, 0.29) is 34.5 Å². The number of aliphatic carboxylic acids is 1. The van der Waals surface area contributed by atoms with E-state index < -0.39 is 5.97 Å². The Morgan fingerprint density at radius 1 is 1.30 bits per heavy atom. The monoisotopic (exact) mass is 316 g/mol. The van der Waals surface area contributed by atoms with Crippen LogP contribution in [0.5, 0.6) is 0 Å². The Kier molecular flexibility index (Phi) is 3.62. The van der Waals surface area contributed by atoms with Crippen LogP contribution in [0, 0.1) is 28.1 Å². The van der Waals surface area contributed by atoms with Crippen molar-refractivity contribution in [1.82, 2.24) is 0 Å². The summed E-state index contributed by atoms with van der Waals surface area (Å²) >= 11 is 0. The zero-order chi connectivity index (χ0) is 17.0. The van der Waals surface area contributed by atoms with Gasteiger partial charge in [-0.1, -0.05) is 44.6 Å². The van der Waals surface area contributed by atoms with Crippen molar-refractivity contribution in [3.8, 4) is 0 Å². The predicted molar refractivity (Wildman–Crippen MR) is 89.9 cm³/mol. The first kappa shape index (κ1) is 16.5. The highest BCUT2D eigenvalue weighted by Gasteiger charge is 2.61. The van der Waals surface area contributed by atoms with E-state index in [0.717, 1.165) is 19.3 Å². The van der Waals surface area contributed by atoms with Crippen LogP contribution >= 0.6 is 0 Å². The Hall–Kier alpha value is -1.38. The van der Waals surface area contributed by atoms with Gasteiger partial charge in [0.05, 0.1) is 0 Å². The number of hydrogen-bond acceptors (Lipinski definition) is 2. The third-order valence-electron chi connectivity index (χ3n) is 7.12. The van der Waals surface area contributed by atoms with Crippen LogP contribution in [0.25, 0.3) is 0 Å². The first-order valence-electron chi connectivity index (χ1n) is 8.76. The van der Waals surface area contributed by atoms with Gasteiger partial charge in [-0.3, -0.25) is 9.59 Å². The molecule has 0 aromatic carbocycles. The van der Waals surface area contributed by atoms with Crippen molar-refractivity contribution >= 4 is 11.8 Å². The maximum atomic E-state index is 12.5. The fraction of sp³-hybridized carbons (Fsp3) is 0.700. The van der Waals surface area contributed by atoms with Crippen LogP contribution in [0.4, 0.5) is 0 Å². The second-order valence-electron chi connectivity index (χ2n) is 8.73. The lowest BCUT2D eigenvalue weighted by Crippen LogP contribution is -2.57. The molecule has 0 bridgehead atoms. The molecule has 1 N–H and O–H groups in total. The number of carboxylic acids is 1. The zero-order valence-electron chi connectivity index (χ0n) is 14.7. The van der Waals surface area contributed by atoms with Crippen LogP contribution in [0.2, 0.25) is 0 Å². The SMILES string of the molecule is CC1=CC2(C=C1)CCC1C(C)(C)C(=O)CCC1(C)C2CC(=O)O. The molecule has 0 radical (unpaired) electrons. The first-order chi connectivity index (χ1) is 10.6. The number of Topliss-reactive ketones (excluding diaryl/α,β-unsaturated/α-hetero) is 1. The number of rotatable bonds is 2. The Bertz CT molecular complexity index is 612. The van der Waals surface area contributed by atoms with E-state index in [1.807, 2.05) is 0 Å². The van der Waals surface area contributed by atoms with Crippen molar-refractivity contribution < 1.29 is 14.7 Å². The van der Waals surface area contributed by atoms with Crippen LogP contribution in [-0.2, 0) is 9.59 Å². The summed E-state index contributed by atoms with van der Waals surface area (Å²) in [5.41, 5.74) is 0.657. The molecule has 0 heterocycles. The minimum atomic E-state index is -0.725. The van der Waals surface area contributed by atoms with Crippen LogP contribution in [0.3, 0.4) is 0 Å². The molecule has 3 aliphatic carbocycles. The lowest BCUT2D eigenvalue weighted by molar-refractivity contribution is -0.159. The molecule has 0 aliphatic heterocycles. The fourth-order valence-electron chi connectivity index (χ4n) is 5.96. The Morgan fingerprint density at radius 3 is 2.57 bits per heavy atom. The molecular formula is C20H28O3. The summed E-state index contributed by atoms with van der Waals surface area (Å²) in [4.78, 5) is 24.1. The summed E-state index contributed by atoms with van der Waals surface area (Å²) in [6, 6.07) is 0. The maximum absolute atomic E-state index is 12.5. The lowest BCUT2D eigenvalue weighted by Gasteiger charge is -2.61. The van der Waals surface area contributed by atoms with Crippen LogP contribution < -0.4 is 0 Å². The Balaban J connectivity index is 2.08. The van der Waals surface area contributed by atoms with E-state index in [4.69, 9.17) is 0 Å². The molecule has 23 heavy (non-hydrogen) atoms. The molecule has 3 nitrogen and oxygen atoms in total. The standard InChI is InChI=1S/C20H28O3/c1-13-5-9-20(12-13)10-6-14-18(2,3)16(21)7-8-19(14,4)15(20)11-17(22)23/h5,9,12,14-15H,6-8,10-11H2,1-4H3,(H,22,23). The second kappa shape index (κ2) is 5.06. The molecule has 3 rings (SSSR count). The molecule has 0 aromatic rings. The largest absolute Gasteiger partial charge is 0.481 e. The summed E-state index contributed by atoms with van der Waals surface area (Å²) in [7, 11) is 0. The molecule has 2 saturated carbocycles. The minimum Gasteiger partial charge on any atom is -0.481 e. The predicted octanol–water partition coefficient (Wildman–Crippen LogP) is 4.39. The molecule has 0 aromatic heterocycles. The third kappa shape index (κ3) is 2.31. The van der Waals surface area contributed by atoms with E-state index in [1.165, 1.54) is 5.57 Å². The van der Waals surface area contributed by atoms with Gasteiger partial charge in [-0.15, -0.1) is 0 Å². The average Bonchev–Trinajstić information content (AvgIpc) is 2.81. The molecule has 4 atom stereocenters. The first-order valence-corrected chi connectivity index (χ1v) is 8.76. The smallest absolute Gasteiger partial charge is 0.303 e. The van der Waals surface area contributed by atoms with E-state index in [2.05, 4.69) is 45.9 Å².